The monoisotopic (exact) mass is 303 g/mol. The van der Waals surface area contributed by atoms with Crippen LogP contribution in [-0.2, 0) is 20.1 Å². The fourth-order valence-electron chi connectivity index (χ4n) is 1.09. The molecule has 0 amide bonds. The van der Waals surface area contributed by atoms with Crippen molar-refractivity contribution in [2.24, 2.45) is 0 Å². The van der Waals surface area contributed by atoms with Gasteiger partial charge in [-0.1, -0.05) is 17.7 Å². The molecule has 0 radical (unpaired) electrons. The molecule has 1 aromatic rings. The minimum atomic E-state index is -4.02. The second-order valence-electron chi connectivity index (χ2n) is 3.64. The highest BCUT2D eigenvalue weighted by Gasteiger charge is 2.06. The molecule has 0 fully saturated rings. The summed E-state index contributed by atoms with van der Waals surface area (Å²) >= 11 is 0. The van der Waals surface area contributed by atoms with E-state index in [9.17, 15) is 16.8 Å². The van der Waals surface area contributed by atoms with Crippen molar-refractivity contribution in [1.82, 2.24) is 4.72 Å². The van der Waals surface area contributed by atoms with Crippen molar-refractivity contribution in [3.05, 3.63) is 53.6 Å². The number of hydrogen-bond donors (Lipinski definition) is 2. The van der Waals surface area contributed by atoms with Gasteiger partial charge in [0.1, 0.15) is 0 Å². The average molecular weight is 303 g/mol. The molecule has 6 nitrogen and oxygen atoms in total. The molecule has 2 N–H and O–H groups in total. The Morgan fingerprint density at radius 1 is 1.11 bits per heavy atom. The molecule has 0 saturated heterocycles. The van der Waals surface area contributed by atoms with E-state index < -0.39 is 20.1 Å². The Morgan fingerprint density at radius 2 is 1.68 bits per heavy atom. The van der Waals surface area contributed by atoms with E-state index in [1.165, 1.54) is 24.4 Å². The number of hydrogen-bond acceptors (Lipinski definition) is 4. The van der Waals surface area contributed by atoms with Gasteiger partial charge in [-0.25, -0.2) is 8.42 Å². The average Bonchev–Trinajstić information content (AvgIpc) is 2.28. The fourth-order valence-corrected chi connectivity index (χ4v) is 2.21. The van der Waals surface area contributed by atoms with E-state index in [0.717, 1.165) is 11.0 Å². The maximum Gasteiger partial charge on any atom is 0.294 e. The van der Waals surface area contributed by atoms with E-state index >= 15 is 0 Å². The number of benzene rings is 1. The molecular weight excluding hydrogens is 290 g/mol. The number of sulfonamides is 1. The Balaban J connectivity index is 0.000000200. The minimum Gasteiger partial charge on any atom is -0.287 e. The highest BCUT2D eigenvalue weighted by molar-refractivity contribution is 7.92. The van der Waals surface area contributed by atoms with Gasteiger partial charge in [0, 0.05) is 6.20 Å². The van der Waals surface area contributed by atoms with Crippen LogP contribution in [0.4, 0.5) is 0 Å². The van der Waals surface area contributed by atoms with Crippen LogP contribution in [0.1, 0.15) is 5.56 Å². The minimum absolute atomic E-state index is 0.0666. The molecule has 1 heterocycles. The van der Waals surface area contributed by atoms with E-state index in [-0.39, 0.29) is 4.90 Å². The van der Waals surface area contributed by atoms with E-state index in [2.05, 4.69) is 4.72 Å². The normalized spacial score (nSPS) is 16.1. The van der Waals surface area contributed by atoms with Crippen LogP contribution in [0.2, 0.25) is 0 Å². The molecule has 2 rings (SSSR count). The Kier molecular flexibility index (Phi) is 4.87. The summed E-state index contributed by atoms with van der Waals surface area (Å²) in [5.74, 6) is 0. The standard InChI is InChI=1S/C7H8O3S.C4H5NO2S/c1-6-2-4-7(5-3-6)11(8,9)10;6-8(7)4-2-1-3-5-8/h2-5H,1H3,(H,8,9,10);1-5H. The topological polar surface area (TPSA) is 101 Å². The van der Waals surface area contributed by atoms with Gasteiger partial charge >= 0.3 is 0 Å². The molecule has 1 aromatic carbocycles. The lowest BCUT2D eigenvalue weighted by Crippen LogP contribution is -2.15. The molecule has 0 spiro atoms. The molecule has 104 valence electrons. The van der Waals surface area contributed by atoms with Crippen molar-refractivity contribution in [3.63, 3.8) is 0 Å². The van der Waals surface area contributed by atoms with Gasteiger partial charge in [0.15, 0.2) is 0 Å². The molecule has 1 aliphatic rings. The van der Waals surface area contributed by atoms with Crippen molar-refractivity contribution in [2.45, 2.75) is 11.8 Å². The molecule has 0 unspecified atom stereocenters. The summed E-state index contributed by atoms with van der Waals surface area (Å²) in [4.78, 5) is -0.0666. The van der Waals surface area contributed by atoms with Crippen LogP contribution in [0, 0.1) is 6.92 Å². The van der Waals surface area contributed by atoms with Crippen LogP contribution in [0.5, 0.6) is 0 Å². The van der Waals surface area contributed by atoms with Gasteiger partial charge < -0.3 is 0 Å². The third-order valence-corrected chi connectivity index (χ3v) is 3.86. The summed E-state index contributed by atoms with van der Waals surface area (Å²) in [6.07, 6.45) is 4.45. The number of rotatable bonds is 1. The fraction of sp³-hybridized carbons (Fsp3) is 0.0909. The lowest BCUT2D eigenvalue weighted by atomic mass is 10.2. The molecule has 1 aliphatic heterocycles. The highest BCUT2D eigenvalue weighted by Crippen LogP contribution is 2.08. The maximum absolute atomic E-state index is 10.5. The molecule has 0 aliphatic carbocycles. The molecule has 0 atom stereocenters. The van der Waals surface area contributed by atoms with Crippen LogP contribution in [0.15, 0.2) is 52.9 Å². The van der Waals surface area contributed by atoms with Crippen molar-refractivity contribution >= 4 is 20.1 Å². The first-order chi connectivity index (χ1) is 8.71. The first kappa shape index (κ1) is 15.4. The zero-order valence-corrected chi connectivity index (χ0v) is 11.6. The first-order valence-electron chi connectivity index (χ1n) is 5.10. The maximum atomic E-state index is 10.5. The summed E-state index contributed by atoms with van der Waals surface area (Å²) in [5, 5.41) is 1.10. The van der Waals surface area contributed by atoms with E-state index in [1.54, 1.807) is 18.2 Å². The highest BCUT2D eigenvalue weighted by atomic mass is 32.2. The summed E-state index contributed by atoms with van der Waals surface area (Å²) < 4.78 is 52.5. The second-order valence-corrected chi connectivity index (χ2v) is 6.66. The largest absolute Gasteiger partial charge is 0.294 e. The molecule has 0 saturated carbocycles. The SMILES string of the molecule is Cc1ccc(S(=O)(=O)O)cc1.O=S1(=O)C=CC=CN1. The van der Waals surface area contributed by atoms with E-state index in [1.807, 2.05) is 6.92 Å². The van der Waals surface area contributed by atoms with Crippen molar-refractivity contribution < 1.29 is 21.4 Å². The Morgan fingerprint density at radius 3 is 2.00 bits per heavy atom. The van der Waals surface area contributed by atoms with Crippen LogP contribution in [0.25, 0.3) is 0 Å². The van der Waals surface area contributed by atoms with E-state index in [4.69, 9.17) is 4.55 Å². The zero-order valence-electron chi connectivity index (χ0n) is 10.0. The summed E-state index contributed by atoms with van der Waals surface area (Å²) in [5.41, 5.74) is 0.956. The number of allylic oxidation sites excluding steroid dienone is 2. The third-order valence-electron chi connectivity index (χ3n) is 2.02. The smallest absolute Gasteiger partial charge is 0.287 e. The Bertz CT molecular complexity index is 685. The van der Waals surface area contributed by atoms with E-state index in [0.29, 0.717) is 0 Å². The summed E-state index contributed by atoms with van der Waals surface area (Å²) in [6.45, 7) is 1.84. The van der Waals surface area contributed by atoms with Crippen molar-refractivity contribution in [3.8, 4) is 0 Å². The summed E-state index contributed by atoms with van der Waals surface area (Å²) in [6, 6.07) is 5.99. The molecule has 19 heavy (non-hydrogen) atoms. The van der Waals surface area contributed by atoms with Crippen molar-refractivity contribution in [1.29, 1.82) is 0 Å². The van der Waals surface area contributed by atoms with Crippen molar-refractivity contribution in [2.75, 3.05) is 0 Å². The Labute approximate surface area is 112 Å². The zero-order chi connectivity index (χ0) is 14.5. The molecule has 0 aromatic heterocycles. The van der Waals surface area contributed by atoms with Gasteiger partial charge in [0.2, 0.25) is 0 Å². The van der Waals surface area contributed by atoms with Crippen LogP contribution in [-0.4, -0.2) is 21.4 Å². The number of aryl methyl sites for hydroxylation is 1. The van der Waals surface area contributed by atoms with Gasteiger partial charge in [-0.05, 0) is 31.2 Å². The first-order valence-corrected chi connectivity index (χ1v) is 8.09. The summed E-state index contributed by atoms with van der Waals surface area (Å²) in [7, 11) is -7.12. The quantitative estimate of drug-likeness (QED) is 0.759. The second kappa shape index (κ2) is 6.00. The number of nitrogens with one attached hydrogen (secondary N) is 1. The van der Waals surface area contributed by atoms with Crippen LogP contribution in [0.3, 0.4) is 0 Å². The molecule has 0 bridgehead atoms. The van der Waals surface area contributed by atoms with Gasteiger partial charge in [-0.2, -0.15) is 8.42 Å². The third kappa shape index (κ3) is 5.69. The predicted molar refractivity (Wildman–Crippen MR) is 71.3 cm³/mol. The van der Waals surface area contributed by atoms with Gasteiger partial charge in [0.05, 0.1) is 10.3 Å². The lowest BCUT2D eigenvalue weighted by molar-refractivity contribution is 0.483. The Hall–Kier alpha value is -1.64. The van der Waals surface area contributed by atoms with Gasteiger partial charge in [-0.15, -0.1) is 0 Å². The van der Waals surface area contributed by atoms with Crippen LogP contribution >= 0.6 is 0 Å². The van der Waals surface area contributed by atoms with Gasteiger partial charge in [-0.3, -0.25) is 9.27 Å². The molecular formula is C11H13NO5S2. The predicted octanol–water partition coefficient (Wildman–Crippen LogP) is 1.19. The lowest BCUT2D eigenvalue weighted by Gasteiger charge is -1.98. The molecule has 8 heteroatoms. The van der Waals surface area contributed by atoms with Gasteiger partial charge in [0.25, 0.3) is 20.1 Å². The van der Waals surface area contributed by atoms with Crippen LogP contribution < -0.4 is 4.72 Å².